The Bertz CT molecular complexity index is 1880. The normalized spacial score (nSPS) is 15.3. The zero-order valence-electron chi connectivity index (χ0n) is 30.5. The minimum absolute atomic E-state index is 0.203. The Hall–Kier alpha value is -3.13. The first kappa shape index (κ1) is 39.1. The van der Waals surface area contributed by atoms with Crippen molar-refractivity contribution >= 4 is 58.1 Å². The number of halogens is 2. The van der Waals surface area contributed by atoms with Crippen LogP contribution in [0.3, 0.4) is 0 Å². The second-order valence-corrected chi connectivity index (χ2v) is 16.2. The van der Waals surface area contributed by atoms with Gasteiger partial charge in [0.15, 0.2) is 0 Å². The van der Waals surface area contributed by atoms with E-state index in [-0.39, 0.29) is 17.3 Å². The highest BCUT2D eigenvalue weighted by atomic mass is 32.1. The minimum Gasteiger partial charge on any atom is -0.298 e. The van der Waals surface area contributed by atoms with Crippen LogP contribution >= 0.6 is 35.5 Å². The number of benzene rings is 2. The third-order valence-corrected chi connectivity index (χ3v) is 12.9. The van der Waals surface area contributed by atoms with Gasteiger partial charge in [-0.25, -0.2) is 13.2 Å². The maximum absolute atomic E-state index is 15.4. The number of rotatable bonds is 18. The molecule has 2 heterocycles. The Balaban J connectivity index is 1.29. The van der Waals surface area contributed by atoms with Crippen LogP contribution in [0.5, 0.6) is 0 Å². The van der Waals surface area contributed by atoms with E-state index in [2.05, 4.69) is 57.0 Å². The summed E-state index contributed by atoms with van der Waals surface area (Å²) in [5, 5.41) is 9.08. The van der Waals surface area contributed by atoms with Crippen LogP contribution in [0.1, 0.15) is 113 Å². The molecule has 0 spiro atoms. The molecule has 0 radical (unpaired) electrons. The van der Waals surface area contributed by atoms with E-state index in [0.29, 0.717) is 28.7 Å². The first-order valence-corrected chi connectivity index (χ1v) is 20.8. The highest BCUT2D eigenvalue weighted by Gasteiger charge is 2.25. The van der Waals surface area contributed by atoms with E-state index >= 15 is 8.78 Å². The van der Waals surface area contributed by atoms with Crippen molar-refractivity contribution in [3.05, 3.63) is 105 Å². The molecule has 0 fully saturated rings. The Morgan fingerprint density at radius 1 is 0.627 bits per heavy atom. The second kappa shape index (κ2) is 19.1. The van der Waals surface area contributed by atoms with Crippen molar-refractivity contribution in [3.63, 3.8) is 0 Å². The van der Waals surface area contributed by atoms with Crippen LogP contribution in [0.15, 0.2) is 77.2 Å². The molecule has 270 valence electrons. The fraction of sp³-hybridized carbons (Fsp3) is 0.409. The summed E-state index contributed by atoms with van der Waals surface area (Å²) in [6, 6.07) is 19.1. The van der Waals surface area contributed by atoms with E-state index in [1.165, 1.54) is 74.0 Å². The zero-order valence-corrected chi connectivity index (χ0v) is 33.1. The van der Waals surface area contributed by atoms with Crippen LogP contribution in [0.4, 0.5) is 8.78 Å². The molecule has 0 aliphatic heterocycles. The highest BCUT2D eigenvalue weighted by Crippen LogP contribution is 2.40. The molecule has 0 saturated heterocycles. The average Bonchev–Trinajstić information content (AvgIpc) is 3.83. The van der Waals surface area contributed by atoms with Gasteiger partial charge >= 0.3 is 0 Å². The molecule has 4 aromatic rings. The molecular formula is C44H52F2N2S3. The van der Waals surface area contributed by atoms with Crippen LogP contribution in [-0.4, -0.2) is 11.4 Å². The van der Waals surface area contributed by atoms with Crippen molar-refractivity contribution in [2.75, 3.05) is 0 Å². The molecule has 1 aliphatic carbocycles. The van der Waals surface area contributed by atoms with Gasteiger partial charge in [-0.2, -0.15) is 0 Å². The molecule has 1 aliphatic rings. The quantitative estimate of drug-likeness (QED) is 0.0752. The van der Waals surface area contributed by atoms with E-state index in [1.54, 1.807) is 12.1 Å². The van der Waals surface area contributed by atoms with E-state index < -0.39 is 0 Å². The molecule has 7 heteroatoms. The fourth-order valence-corrected chi connectivity index (χ4v) is 9.35. The summed E-state index contributed by atoms with van der Waals surface area (Å²) in [6.07, 6.45) is 17.6. The lowest BCUT2D eigenvalue weighted by Gasteiger charge is -2.16. The number of unbranched alkanes of at least 4 members (excludes halogenated alkanes) is 2. The lowest BCUT2D eigenvalue weighted by Crippen LogP contribution is -2.18. The molecule has 0 amide bonds. The van der Waals surface area contributed by atoms with Gasteiger partial charge < -0.3 is 0 Å². The summed E-state index contributed by atoms with van der Waals surface area (Å²) in [7, 11) is 0. The van der Waals surface area contributed by atoms with E-state index in [0.717, 1.165) is 67.5 Å². The third-order valence-electron chi connectivity index (χ3n) is 10.4. The van der Waals surface area contributed by atoms with Crippen molar-refractivity contribution in [2.24, 2.45) is 16.2 Å². The predicted molar refractivity (Wildman–Crippen MR) is 223 cm³/mol. The summed E-state index contributed by atoms with van der Waals surface area (Å²) in [5.74, 6) is 0.975. The van der Waals surface area contributed by atoms with Crippen LogP contribution < -0.4 is 0 Å². The van der Waals surface area contributed by atoms with Crippen molar-refractivity contribution < 1.29 is 8.78 Å². The average molecular weight is 743 g/mol. The number of aryl methyl sites for hydroxylation is 2. The van der Waals surface area contributed by atoms with Crippen LogP contribution in [0.25, 0.3) is 32.0 Å². The van der Waals surface area contributed by atoms with E-state index in [9.17, 15) is 0 Å². The predicted octanol–water partition coefficient (Wildman–Crippen LogP) is 14.5. The Kier molecular flexibility index (Phi) is 14.6. The summed E-state index contributed by atoms with van der Waals surface area (Å²) >= 11 is 7.22. The SMILES string of the molecule is CCCCC(CC)CCc1ccc(-c2ccc(C3=CC=C(c4ccc(-c5ccc(CCC(CC)CCCC)cc5F)s4)/C(=N/S)C3=N)s2)c(F)c1. The molecule has 1 N–H and O–H groups in total. The number of allylic oxidation sites excluding steroid dienone is 4. The van der Waals surface area contributed by atoms with Gasteiger partial charge in [-0.3, -0.25) is 5.41 Å². The van der Waals surface area contributed by atoms with Gasteiger partial charge in [-0.1, -0.05) is 115 Å². The Labute approximate surface area is 317 Å². The molecular weight excluding hydrogens is 691 g/mol. The molecule has 2 aromatic heterocycles. The molecule has 5 rings (SSSR count). The summed E-state index contributed by atoms with van der Waals surface area (Å²) in [5.41, 5.74) is 5.48. The topological polar surface area (TPSA) is 36.2 Å². The van der Waals surface area contributed by atoms with Gasteiger partial charge in [0.25, 0.3) is 0 Å². The molecule has 2 nitrogen and oxygen atoms in total. The number of thiophene rings is 2. The standard InChI is InChI=1S/C44H52F2N2S3/c1-5-9-11-29(7-3)13-15-31-17-19-33(37(45)27-31)39-23-25-41(50-39)35-21-22-36(44(48-49)43(35)47)42-26-24-40(51-42)34-20-18-32(28-38(34)46)16-14-30(8-4)12-10-6-2/h17-30,47,49H,5-16H2,1-4H3/b47-43?,48-44-. The maximum Gasteiger partial charge on any atom is 0.132 e. The van der Waals surface area contributed by atoms with Gasteiger partial charge in [0.05, 0.1) is 5.71 Å². The Morgan fingerprint density at radius 2 is 1.08 bits per heavy atom. The van der Waals surface area contributed by atoms with Crippen LogP contribution in [-0.2, 0) is 12.8 Å². The molecule has 2 aromatic carbocycles. The maximum atomic E-state index is 15.4. The monoisotopic (exact) mass is 742 g/mol. The lowest BCUT2D eigenvalue weighted by molar-refractivity contribution is 0.421. The minimum atomic E-state index is -0.206. The van der Waals surface area contributed by atoms with E-state index in [4.69, 9.17) is 5.41 Å². The second-order valence-electron chi connectivity index (χ2n) is 13.9. The molecule has 2 unspecified atom stereocenters. The van der Waals surface area contributed by atoms with Crippen molar-refractivity contribution in [1.29, 1.82) is 5.41 Å². The van der Waals surface area contributed by atoms with Crippen molar-refractivity contribution in [2.45, 2.75) is 105 Å². The largest absolute Gasteiger partial charge is 0.298 e. The van der Waals surface area contributed by atoms with Gasteiger partial charge in [-0.15, -0.1) is 22.7 Å². The van der Waals surface area contributed by atoms with Crippen molar-refractivity contribution in [1.82, 2.24) is 0 Å². The summed E-state index contributed by atoms with van der Waals surface area (Å²) in [6.45, 7) is 8.96. The smallest absolute Gasteiger partial charge is 0.132 e. The van der Waals surface area contributed by atoms with Crippen LogP contribution in [0.2, 0.25) is 0 Å². The number of hydrogen-bond acceptors (Lipinski definition) is 5. The van der Waals surface area contributed by atoms with E-state index in [1.807, 2.05) is 48.6 Å². The molecule has 0 bridgehead atoms. The van der Waals surface area contributed by atoms with Gasteiger partial charge in [0.2, 0.25) is 0 Å². The first-order valence-electron chi connectivity index (χ1n) is 18.8. The summed E-state index contributed by atoms with van der Waals surface area (Å²) < 4.78 is 35.0. The Morgan fingerprint density at radius 3 is 1.51 bits per heavy atom. The fourth-order valence-electron chi connectivity index (χ4n) is 7.01. The third kappa shape index (κ3) is 9.85. The number of nitrogens with zero attached hydrogens (tertiary/aromatic N) is 1. The molecule has 0 saturated carbocycles. The highest BCUT2D eigenvalue weighted by molar-refractivity contribution is 7.79. The lowest BCUT2D eigenvalue weighted by atomic mass is 9.92. The summed E-state index contributed by atoms with van der Waals surface area (Å²) in [4.78, 5) is 3.43. The first-order chi connectivity index (χ1) is 24.8. The van der Waals surface area contributed by atoms with Gasteiger partial charge in [0, 0.05) is 41.8 Å². The molecule has 51 heavy (non-hydrogen) atoms. The molecule has 2 atom stereocenters. The zero-order chi connectivity index (χ0) is 36.3. The number of hydrogen-bond donors (Lipinski definition) is 2. The van der Waals surface area contributed by atoms with Crippen LogP contribution in [0, 0.1) is 28.9 Å². The van der Waals surface area contributed by atoms with Gasteiger partial charge in [-0.05, 0) is 97.9 Å². The number of thiol groups is 1. The van der Waals surface area contributed by atoms with Gasteiger partial charge in [0.1, 0.15) is 17.3 Å². The number of nitrogens with one attached hydrogen (secondary N) is 1. The van der Waals surface area contributed by atoms with Crippen molar-refractivity contribution in [3.8, 4) is 20.9 Å².